The maximum Gasteiger partial charge on any atom is 0.156 e. The molecule has 0 spiro atoms. The first-order chi connectivity index (χ1) is 10.6. The molecule has 1 N–H and O–H groups in total. The van der Waals surface area contributed by atoms with Gasteiger partial charge in [0.25, 0.3) is 0 Å². The minimum Gasteiger partial charge on any atom is -0.376 e. The maximum atomic E-state index is 5.70. The van der Waals surface area contributed by atoms with E-state index >= 15 is 0 Å². The van der Waals surface area contributed by atoms with Gasteiger partial charge in [0.15, 0.2) is 5.82 Å². The highest BCUT2D eigenvalue weighted by Crippen LogP contribution is 2.26. The molecule has 0 amide bonds. The van der Waals surface area contributed by atoms with E-state index in [1.165, 1.54) is 0 Å². The molecular formula is C16H25N5O. The molecule has 3 rings (SSSR count). The lowest BCUT2D eigenvalue weighted by molar-refractivity contribution is 0.120. The molecule has 0 radical (unpaired) electrons. The van der Waals surface area contributed by atoms with Crippen LogP contribution in [0.2, 0.25) is 0 Å². The van der Waals surface area contributed by atoms with E-state index in [4.69, 9.17) is 14.7 Å². The lowest BCUT2D eigenvalue weighted by Crippen LogP contribution is -2.20. The van der Waals surface area contributed by atoms with Crippen LogP contribution in [0.1, 0.15) is 51.0 Å². The molecule has 0 aromatic carbocycles. The number of aryl methyl sites for hydroxylation is 2. The van der Waals surface area contributed by atoms with Crippen molar-refractivity contribution in [2.75, 3.05) is 18.5 Å². The summed E-state index contributed by atoms with van der Waals surface area (Å²) in [4.78, 5) is 9.46. The van der Waals surface area contributed by atoms with E-state index in [1.807, 2.05) is 11.6 Å². The fourth-order valence-electron chi connectivity index (χ4n) is 2.87. The number of hydrogen-bond acceptors (Lipinski definition) is 5. The zero-order chi connectivity index (χ0) is 15.7. The Bertz CT molecular complexity index is 658. The van der Waals surface area contributed by atoms with E-state index in [0.717, 1.165) is 60.9 Å². The van der Waals surface area contributed by atoms with Crippen LogP contribution in [0.25, 0.3) is 11.0 Å². The maximum absolute atomic E-state index is 5.70. The van der Waals surface area contributed by atoms with E-state index in [-0.39, 0.29) is 12.0 Å². The minimum absolute atomic E-state index is 0.284. The Kier molecular flexibility index (Phi) is 4.29. The standard InChI is InChI=1S/C16H25N5O/c1-5-21-14-13(11(4)20-21)18-15(10(2)3)19-16(14)17-9-12-7-6-8-22-12/h10,12H,5-9H2,1-4H3,(H,17,18,19)/t12-/m1/s1. The van der Waals surface area contributed by atoms with Crippen molar-refractivity contribution in [3.63, 3.8) is 0 Å². The number of nitrogens with zero attached hydrogens (tertiary/aromatic N) is 4. The number of anilines is 1. The van der Waals surface area contributed by atoms with E-state index in [2.05, 4.69) is 31.2 Å². The fourth-order valence-corrected chi connectivity index (χ4v) is 2.87. The number of ether oxygens (including phenoxy) is 1. The van der Waals surface area contributed by atoms with Crippen LogP contribution >= 0.6 is 0 Å². The molecular weight excluding hydrogens is 278 g/mol. The number of fused-ring (bicyclic) bond motifs is 1. The van der Waals surface area contributed by atoms with Crippen molar-refractivity contribution in [3.05, 3.63) is 11.5 Å². The predicted molar refractivity (Wildman–Crippen MR) is 87.3 cm³/mol. The van der Waals surface area contributed by atoms with Crippen LogP contribution in [0.5, 0.6) is 0 Å². The van der Waals surface area contributed by atoms with Crippen molar-refractivity contribution in [1.82, 2.24) is 19.7 Å². The summed E-state index contributed by atoms with van der Waals surface area (Å²) in [6.45, 7) is 10.8. The van der Waals surface area contributed by atoms with Gasteiger partial charge in [0.1, 0.15) is 16.9 Å². The molecule has 120 valence electrons. The molecule has 2 aromatic heterocycles. The molecule has 0 aliphatic carbocycles. The Morgan fingerprint density at radius 2 is 2.18 bits per heavy atom. The minimum atomic E-state index is 0.284. The Hall–Kier alpha value is -1.69. The van der Waals surface area contributed by atoms with E-state index < -0.39 is 0 Å². The van der Waals surface area contributed by atoms with E-state index in [9.17, 15) is 0 Å². The molecule has 1 saturated heterocycles. The van der Waals surface area contributed by atoms with Crippen LogP contribution in [0.3, 0.4) is 0 Å². The molecule has 22 heavy (non-hydrogen) atoms. The van der Waals surface area contributed by atoms with Crippen molar-refractivity contribution in [2.45, 2.75) is 59.1 Å². The van der Waals surface area contributed by atoms with Gasteiger partial charge in [-0.05, 0) is 26.7 Å². The monoisotopic (exact) mass is 303 g/mol. The van der Waals surface area contributed by atoms with Gasteiger partial charge in [-0.3, -0.25) is 4.68 Å². The molecule has 0 bridgehead atoms. The quantitative estimate of drug-likeness (QED) is 0.920. The molecule has 1 fully saturated rings. The fraction of sp³-hybridized carbons (Fsp3) is 0.688. The van der Waals surface area contributed by atoms with Crippen LogP contribution in [-0.4, -0.2) is 39.0 Å². The van der Waals surface area contributed by atoms with Gasteiger partial charge in [-0.2, -0.15) is 5.10 Å². The lowest BCUT2D eigenvalue weighted by atomic mass is 10.2. The Morgan fingerprint density at radius 1 is 1.36 bits per heavy atom. The van der Waals surface area contributed by atoms with Crippen LogP contribution in [0.15, 0.2) is 0 Å². The summed E-state index contributed by atoms with van der Waals surface area (Å²) in [5.41, 5.74) is 2.92. The summed E-state index contributed by atoms with van der Waals surface area (Å²) in [5.74, 6) is 2.03. The first-order valence-electron chi connectivity index (χ1n) is 8.20. The Labute approximate surface area is 131 Å². The van der Waals surface area contributed by atoms with Gasteiger partial charge in [-0.1, -0.05) is 13.8 Å². The van der Waals surface area contributed by atoms with Crippen molar-refractivity contribution in [2.24, 2.45) is 0 Å². The molecule has 6 nitrogen and oxygen atoms in total. The van der Waals surface area contributed by atoms with Gasteiger partial charge >= 0.3 is 0 Å². The molecule has 0 saturated carbocycles. The normalized spacial score (nSPS) is 18.5. The molecule has 1 aliphatic rings. The SMILES string of the molecule is CCn1nc(C)c2nc(C(C)C)nc(NC[C@H]3CCCO3)c21. The third-order valence-corrected chi connectivity index (χ3v) is 4.11. The highest BCUT2D eigenvalue weighted by atomic mass is 16.5. The van der Waals surface area contributed by atoms with Crippen molar-refractivity contribution in [1.29, 1.82) is 0 Å². The summed E-state index contributed by atoms with van der Waals surface area (Å²) >= 11 is 0. The van der Waals surface area contributed by atoms with Crippen LogP contribution in [0, 0.1) is 6.92 Å². The zero-order valence-corrected chi connectivity index (χ0v) is 13.9. The second-order valence-electron chi connectivity index (χ2n) is 6.20. The van der Waals surface area contributed by atoms with Gasteiger partial charge in [0.05, 0.1) is 11.8 Å². The van der Waals surface area contributed by atoms with Gasteiger partial charge in [-0.25, -0.2) is 9.97 Å². The van der Waals surface area contributed by atoms with Crippen molar-refractivity contribution < 1.29 is 4.74 Å². The molecule has 1 aliphatic heterocycles. The third-order valence-electron chi connectivity index (χ3n) is 4.11. The first-order valence-corrected chi connectivity index (χ1v) is 8.20. The first kappa shape index (κ1) is 15.2. The Morgan fingerprint density at radius 3 is 2.82 bits per heavy atom. The second-order valence-corrected chi connectivity index (χ2v) is 6.20. The average molecular weight is 303 g/mol. The largest absolute Gasteiger partial charge is 0.376 e. The summed E-state index contributed by atoms with van der Waals surface area (Å²) in [5, 5.41) is 8.07. The topological polar surface area (TPSA) is 64.9 Å². The number of rotatable bonds is 5. The smallest absolute Gasteiger partial charge is 0.156 e. The lowest BCUT2D eigenvalue weighted by Gasteiger charge is -2.14. The predicted octanol–water partition coefficient (Wildman–Crippen LogP) is 2.87. The number of hydrogen-bond donors (Lipinski definition) is 1. The van der Waals surface area contributed by atoms with Gasteiger partial charge in [0, 0.05) is 25.6 Å². The zero-order valence-electron chi connectivity index (χ0n) is 13.9. The molecule has 1 atom stereocenters. The van der Waals surface area contributed by atoms with Crippen LogP contribution < -0.4 is 5.32 Å². The van der Waals surface area contributed by atoms with Gasteiger partial charge in [-0.15, -0.1) is 0 Å². The molecule has 3 heterocycles. The van der Waals surface area contributed by atoms with Gasteiger partial charge in [0.2, 0.25) is 0 Å². The van der Waals surface area contributed by atoms with Gasteiger partial charge < -0.3 is 10.1 Å². The molecule has 6 heteroatoms. The second kappa shape index (κ2) is 6.20. The average Bonchev–Trinajstić information content (AvgIpc) is 3.13. The van der Waals surface area contributed by atoms with Crippen molar-refractivity contribution in [3.8, 4) is 0 Å². The Balaban J connectivity index is 2.00. The molecule has 0 unspecified atom stereocenters. The van der Waals surface area contributed by atoms with E-state index in [0.29, 0.717) is 0 Å². The summed E-state index contributed by atoms with van der Waals surface area (Å²) in [7, 11) is 0. The highest BCUT2D eigenvalue weighted by Gasteiger charge is 2.20. The summed E-state index contributed by atoms with van der Waals surface area (Å²) < 4.78 is 7.68. The number of nitrogens with one attached hydrogen (secondary N) is 1. The van der Waals surface area contributed by atoms with Crippen molar-refractivity contribution >= 4 is 16.9 Å². The third kappa shape index (κ3) is 2.79. The highest BCUT2D eigenvalue weighted by molar-refractivity contribution is 5.87. The van der Waals surface area contributed by atoms with E-state index in [1.54, 1.807) is 0 Å². The summed E-state index contributed by atoms with van der Waals surface area (Å²) in [6, 6.07) is 0. The van der Waals surface area contributed by atoms with Crippen LogP contribution in [-0.2, 0) is 11.3 Å². The van der Waals surface area contributed by atoms with Crippen LogP contribution in [0.4, 0.5) is 5.82 Å². The summed E-state index contributed by atoms with van der Waals surface area (Å²) in [6.07, 6.45) is 2.55. The molecule has 2 aromatic rings. The number of aromatic nitrogens is 4.